The Bertz CT molecular complexity index is 1140. The fourth-order valence-corrected chi connectivity index (χ4v) is 4.12. The Labute approximate surface area is 202 Å². The Kier molecular flexibility index (Phi) is 8.57. The van der Waals surface area contributed by atoms with Crippen LogP contribution < -0.4 is 5.32 Å². The summed E-state index contributed by atoms with van der Waals surface area (Å²) >= 11 is 0. The van der Waals surface area contributed by atoms with Gasteiger partial charge in [-0.3, -0.25) is 8.98 Å². The Balaban J connectivity index is 1.90. The molecule has 1 aliphatic rings. The Hall–Kier alpha value is -3.32. The van der Waals surface area contributed by atoms with Crippen LogP contribution >= 0.6 is 0 Å². The summed E-state index contributed by atoms with van der Waals surface area (Å²) in [7, 11) is -4.16. The van der Waals surface area contributed by atoms with Crippen LogP contribution in [0.2, 0.25) is 0 Å². The molecule has 0 aliphatic carbocycles. The molecule has 2 N–H and O–H groups in total. The third-order valence-electron chi connectivity index (χ3n) is 4.96. The first kappa shape index (κ1) is 26.3. The van der Waals surface area contributed by atoms with Crippen LogP contribution in [0.5, 0.6) is 0 Å². The first-order chi connectivity index (χ1) is 16.5. The maximum absolute atomic E-state index is 12.8. The van der Waals surface area contributed by atoms with Gasteiger partial charge in [-0.15, -0.1) is 0 Å². The van der Waals surface area contributed by atoms with Crippen LogP contribution in [0.4, 0.5) is 0 Å². The number of ether oxygens (including phenoxy) is 3. The van der Waals surface area contributed by atoms with Crippen molar-refractivity contribution < 1.29 is 46.3 Å². The van der Waals surface area contributed by atoms with Gasteiger partial charge in [-0.1, -0.05) is 36.4 Å². The molecular formula is C23H25NO10S. The number of nitrogens with one attached hydrogen (secondary N) is 1. The third kappa shape index (κ3) is 7.33. The molecule has 3 rings (SSSR count). The van der Waals surface area contributed by atoms with Gasteiger partial charge in [0, 0.05) is 6.92 Å². The second-order valence-corrected chi connectivity index (χ2v) is 9.36. The highest BCUT2D eigenvalue weighted by Gasteiger charge is 2.51. The number of rotatable bonds is 8. The lowest BCUT2D eigenvalue weighted by molar-refractivity contribution is -0.247. The number of aliphatic hydroxyl groups excluding tert-OH is 1. The van der Waals surface area contributed by atoms with Crippen molar-refractivity contribution in [1.29, 1.82) is 0 Å². The smallest absolute Gasteiger partial charge is 0.338 e. The second-order valence-electron chi connectivity index (χ2n) is 7.76. The van der Waals surface area contributed by atoms with E-state index in [9.17, 15) is 27.9 Å². The average molecular weight is 508 g/mol. The lowest BCUT2D eigenvalue weighted by Crippen LogP contribution is -2.66. The van der Waals surface area contributed by atoms with Crippen LogP contribution in [-0.2, 0) is 33.3 Å². The molecule has 1 saturated heterocycles. The third-order valence-corrected chi connectivity index (χ3v) is 5.53. The van der Waals surface area contributed by atoms with Crippen LogP contribution in [0, 0.1) is 0 Å². The molecule has 0 saturated carbocycles. The summed E-state index contributed by atoms with van der Waals surface area (Å²) in [6.07, 6.45) is -5.43. The summed E-state index contributed by atoms with van der Waals surface area (Å²) in [6.45, 7) is 0.611. The molecule has 11 nitrogen and oxygen atoms in total. The highest BCUT2D eigenvalue weighted by molar-refractivity contribution is 7.86. The van der Waals surface area contributed by atoms with Gasteiger partial charge in [-0.05, 0) is 24.3 Å². The molecule has 1 heterocycles. The van der Waals surface area contributed by atoms with Gasteiger partial charge in [0.15, 0.2) is 12.4 Å². The molecule has 0 spiro atoms. The summed E-state index contributed by atoms with van der Waals surface area (Å²) in [6, 6.07) is 14.4. The maximum Gasteiger partial charge on any atom is 0.338 e. The summed E-state index contributed by atoms with van der Waals surface area (Å²) in [5.41, 5.74) is 0.368. The van der Waals surface area contributed by atoms with E-state index in [0.29, 0.717) is 0 Å². The molecule has 0 radical (unpaired) electrons. The predicted molar refractivity (Wildman–Crippen MR) is 121 cm³/mol. The molecule has 0 aromatic heterocycles. The maximum atomic E-state index is 12.8. The van der Waals surface area contributed by atoms with Crippen molar-refractivity contribution in [2.24, 2.45) is 0 Å². The second kappa shape index (κ2) is 11.4. The van der Waals surface area contributed by atoms with Crippen molar-refractivity contribution in [3.8, 4) is 0 Å². The molecule has 1 amide bonds. The van der Waals surface area contributed by atoms with Gasteiger partial charge in [0.25, 0.3) is 10.1 Å². The van der Waals surface area contributed by atoms with Crippen LogP contribution in [0.25, 0.3) is 0 Å². The summed E-state index contributed by atoms with van der Waals surface area (Å²) in [5.74, 6) is -2.20. The largest absolute Gasteiger partial charge is 0.459 e. The first-order valence-electron chi connectivity index (χ1n) is 10.5. The van der Waals surface area contributed by atoms with Crippen LogP contribution in [0.1, 0.15) is 27.6 Å². The highest BCUT2D eigenvalue weighted by Crippen LogP contribution is 2.28. The van der Waals surface area contributed by atoms with E-state index in [1.807, 2.05) is 0 Å². The fraction of sp³-hybridized carbons (Fsp3) is 0.348. The van der Waals surface area contributed by atoms with Crippen molar-refractivity contribution in [3.63, 3.8) is 0 Å². The van der Waals surface area contributed by atoms with Crippen molar-refractivity contribution in [1.82, 2.24) is 5.32 Å². The average Bonchev–Trinajstić information content (AvgIpc) is 2.81. The summed E-state index contributed by atoms with van der Waals surface area (Å²) in [4.78, 5) is 36.9. The number of hydrogen-bond donors (Lipinski definition) is 2. The van der Waals surface area contributed by atoms with E-state index in [0.717, 1.165) is 13.2 Å². The van der Waals surface area contributed by atoms with Gasteiger partial charge in [-0.25, -0.2) is 9.59 Å². The summed E-state index contributed by atoms with van der Waals surface area (Å²) < 4.78 is 45.4. The molecule has 1 fully saturated rings. The van der Waals surface area contributed by atoms with Crippen molar-refractivity contribution >= 4 is 28.0 Å². The van der Waals surface area contributed by atoms with E-state index in [-0.39, 0.29) is 11.1 Å². The molecule has 2 aromatic rings. The minimum absolute atomic E-state index is 0.139. The SMILES string of the molecule is CC(=O)N[C@@H]1[C@H](OC(=O)c2ccccc2)[C@H](OS(C)(=O)=O)[C@@H](COC(=O)c2ccccc2)O[C@H]1O. The molecule has 5 atom stereocenters. The zero-order chi connectivity index (χ0) is 25.6. The molecule has 0 unspecified atom stereocenters. The predicted octanol–water partition coefficient (Wildman–Crippen LogP) is 0.636. The van der Waals surface area contributed by atoms with Crippen molar-refractivity contribution in [2.45, 2.75) is 37.6 Å². The molecule has 1 aliphatic heterocycles. The van der Waals surface area contributed by atoms with E-state index in [2.05, 4.69) is 5.32 Å². The quantitative estimate of drug-likeness (QED) is 0.384. The standard InChI is InChI=1S/C23H25NO10S/c1-14(25)24-18-20(33-22(27)16-11-7-4-8-12-16)19(34-35(2,29)30)17(32-23(18)28)13-31-21(26)15-9-5-3-6-10-15/h3-12,17-20,23,28H,13H2,1-2H3,(H,24,25)/t17-,18-,19-,20+,23-/m1/s1. The minimum atomic E-state index is -4.16. The van der Waals surface area contributed by atoms with Crippen molar-refractivity contribution in [3.05, 3.63) is 71.8 Å². The zero-order valence-corrected chi connectivity index (χ0v) is 19.7. The van der Waals surface area contributed by atoms with Crippen LogP contribution in [-0.4, -0.2) is 74.9 Å². The van der Waals surface area contributed by atoms with E-state index in [4.69, 9.17) is 18.4 Å². The zero-order valence-electron chi connectivity index (χ0n) is 18.9. The van der Waals surface area contributed by atoms with E-state index in [1.165, 1.54) is 24.3 Å². The topological polar surface area (TPSA) is 155 Å². The lowest BCUT2D eigenvalue weighted by atomic mass is 9.96. The first-order valence-corrected chi connectivity index (χ1v) is 12.3. The molecular weight excluding hydrogens is 482 g/mol. The number of carbonyl (C=O) groups excluding carboxylic acids is 3. The molecule has 2 aromatic carbocycles. The van der Waals surface area contributed by atoms with E-state index < -0.39 is 65.2 Å². The van der Waals surface area contributed by atoms with E-state index >= 15 is 0 Å². The Morgan fingerprint density at radius 2 is 1.49 bits per heavy atom. The van der Waals surface area contributed by atoms with Gasteiger partial charge in [0.1, 0.15) is 24.9 Å². The monoisotopic (exact) mass is 507 g/mol. The van der Waals surface area contributed by atoms with Crippen LogP contribution in [0.3, 0.4) is 0 Å². The number of aliphatic hydroxyl groups is 1. The molecule has 12 heteroatoms. The molecule has 35 heavy (non-hydrogen) atoms. The Morgan fingerprint density at radius 1 is 0.943 bits per heavy atom. The Morgan fingerprint density at radius 3 is 2.00 bits per heavy atom. The van der Waals surface area contributed by atoms with Gasteiger partial charge in [-0.2, -0.15) is 8.42 Å². The fourth-order valence-electron chi connectivity index (χ4n) is 3.48. The van der Waals surface area contributed by atoms with E-state index in [1.54, 1.807) is 36.4 Å². The number of hydrogen-bond acceptors (Lipinski definition) is 10. The molecule has 188 valence electrons. The van der Waals surface area contributed by atoms with Gasteiger partial charge >= 0.3 is 11.9 Å². The normalized spacial score (nSPS) is 24.3. The number of amides is 1. The number of benzene rings is 2. The number of carbonyl (C=O) groups is 3. The van der Waals surface area contributed by atoms with Crippen molar-refractivity contribution in [2.75, 3.05) is 12.9 Å². The number of esters is 2. The summed E-state index contributed by atoms with van der Waals surface area (Å²) in [5, 5.41) is 13.0. The lowest BCUT2D eigenvalue weighted by Gasteiger charge is -2.43. The highest BCUT2D eigenvalue weighted by atomic mass is 32.2. The molecule has 0 bridgehead atoms. The van der Waals surface area contributed by atoms with Gasteiger partial charge in [0.2, 0.25) is 5.91 Å². The van der Waals surface area contributed by atoms with Gasteiger partial charge < -0.3 is 24.6 Å². The van der Waals surface area contributed by atoms with Gasteiger partial charge in [0.05, 0.1) is 17.4 Å². The van der Waals surface area contributed by atoms with Crippen LogP contribution in [0.15, 0.2) is 60.7 Å². The minimum Gasteiger partial charge on any atom is -0.459 e.